The van der Waals surface area contributed by atoms with Crippen molar-refractivity contribution < 1.29 is 8.85 Å². The average molecular weight is 350 g/mol. The number of benzene rings is 1. The summed E-state index contributed by atoms with van der Waals surface area (Å²) in [5.41, 5.74) is 1.81. The second kappa shape index (κ2) is 10.3. The molecule has 1 aliphatic heterocycles. The van der Waals surface area contributed by atoms with Crippen LogP contribution in [0.3, 0.4) is 0 Å². The first-order valence-corrected chi connectivity index (χ1v) is 12.0. The van der Waals surface area contributed by atoms with Gasteiger partial charge in [0.1, 0.15) is 0 Å². The van der Waals surface area contributed by atoms with E-state index in [1.54, 1.807) is 0 Å². The standard InChI is InChI=1S/C20H35NO2Si/c1-22-24(3,23-2)20-16-12-7-5-4-6-8-13-17-21(20)18-19-14-10-9-11-15-19/h9-11,14-15,20H,4-8,12-13,16-18H2,1-3H3. The molecule has 1 aliphatic rings. The lowest BCUT2D eigenvalue weighted by atomic mass is 10.1. The number of hydrogen-bond donors (Lipinski definition) is 0. The van der Waals surface area contributed by atoms with Crippen molar-refractivity contribution in [2.24, 2.45) is 0 Å². The highest BCUT2D eigenvalue weighted by Gasteiger charge is 2.42. The summed E-state index contributed by atoms with van der Waals surface area (Å²) in [6.07, 6.45) is 10.6. The lowest BCUT2D eigenvalue weighted by Gasteiger charge is -2.40. The van der Waals surface area contributed by atoms with E-state index < -0.39 is 8.56 Å². The van der Waals surface area contributed by atoms with Crippen LogP contribution >= 0.6 is 0 Å². The molecule has 0 aliphatic carbocycles. The van der Waals surface area contributed by atoms with Crippen LogP contribution in [0.5, 0.6) is 0 Å². The van der Waals surface area contributed by atoms with Gasteiger partial charge in [0, 0.05) is 20.8 Å². The third-order valence-electron chi connectivity index (χ3n) is 5.51. The molecule has 1 heterocycles. The van der Waals surface area contributed by atoms with Crippen molar-refractivity contribution in [2.45, 2.75) is 70.1 Å². The molecular weight excluding hydrogens is 314 g/mol. The summed E-state index contributed by atoms with van der Waals surface area (Å²) in [6, 6.07) is 10.8. The Labute approximate surface area is 149 Å². The quantitative estimate of drug-likeness (QED) is 0.706. The van der Waals surface area contributed by atoms with Crippen LogP contribution in [-0.4, -0.2) is 39.9 Å². The summed E-state index contributed by atoms with van der Waals surface area (Å²) in [4.78, 5) is 2.65. The van der Waals surface area contributed by atoms with E-state index in [9.17, 15) is 0 Å². The van der Waals surface area contributed by atoms with Crippen LogP contribution in [0, 0.1) is 0 Å². The fourth-order valence-corrected chi connectivity index (χ4v) is 6.15. The smallest absolute Gasteiger partial charge is 0.352 e. The van der Waals surface area contributed by atoms with Crippen molar-refractivity contribution in [3.8, 4) is 0 Å². The first kappa shape index (κ1) is 19.6. The molecule has 136 valence electrons. The van der Waals surface area contributed by atoms with Gasteiger partial charge in [-0.25, -0.2) is 0 Å². The first-order valence-electron chi connectivity index (χ1n) is 9.58. The van der Waals surface area contributed by atoms with Crippen LogP contribution in [0.1, 0.15) is 56.9 Å². The second-order valence-corrected chi connectivity index (χ2v) is 10.7. The molecule has 0 N–H and O–H groups in total. The molecule has 0 radical (unpaired) electrons. The van der Waals surface area contributed by atoms with E-state index in [1.165, 1.54) is 56.9 Å². The molecule has 0 bridgehead atoms. The molecule has 24 heavy (non-hydrogen) atoms. The molecule has 1 saturated heterocycles. The van der Waals surface area contributed by atoms with E-state index in [0.29, 0.717) is 5.67 Å². The van der Waals surface area contributed by atoms with E-state index in [-0.39, 0.29) is 0 Å². The molecule has 2 rings (SSSR count). The molecule has 1 atom stereocenters. The van der Waals surface area contributed by atoms with Crippen LogP contribution in [0.15, 0.2) is 30.3 Å². The van der Waals surface area contributed by atoms with E-state index in [2.05, 4.69) is 41.8 Å². The zero-order chi connectivity index (χ0) is 17.3. The van der Waals surface area contributed by atoms with Gasteiger partial charge in [-0.15, -0.1) is 0 Å². The van der Waals surface area contributed by atoms with Gasteiger partial charge in [0.05, 0.1) is 5.67 Å². The monoisotopic (exact) mass is 349 g/mol. The molecule has 0 aromatic heterocycles. The van der Waals surface area contributed by atoms with Crippen molar-refractivity contribution in [1.82, 2.24) is 4.90 Å². The Morgan fingerprint density at radius 2 is 1.50 bits per heavy atom. The van der Waals surface area contributed by atoms with Gasteiger partial charge in [0.25, 0.3) is 0 Å². The predicted octanol–water partition coefficient (Wildman–Crippen LogP) is 4.90. The summed E-state index contributed by atoms with van der Waals surface area (Å²) >= 11 is 0. The molecule has 0 saturated carbocycles. The summed E-state index contributed by atoms with van der Waals surface area (Å²) in [5, 5.41) is 0. The second-order valence-electron chi connectivity index (χ2n) is 7.16. The maximum Gasteiger partial charge on any atom is 0.352 e. The minimum atomic E-state index is -2.20. The Morgan fingerprint density at radius 3 is 2.12 bits per heavy atom. The largest absolute Gasteiger partial charge is 0.397 e. The van der Waals surface area contributed by atoms with Crippen LogP contribution in [0.25, 0.3) is 0 Å². The summed E-state index contributed by atoms with van der Waals surface area (Å²) < 4.78 is 11.9. The molecule has 4 heteroatoms. The third kappa shape index (κ3) is 5.69. The third-order valence-corrected chi connectivity index (χ3v) is 8.99. The molecule has 3 nitrogen and oxygen atoms in total. The summed E-state index contributed by atoms with van der Waals surface area (Å²) in [5.74, 6) is 0. The Kier molecular flexibility index (Phi) is 8.46. The van der Waals surface area contributed by atoms with Gasteiger partial charge < -0.3 is 8.85 Å². The van der Waals surface area contributed by atoms with Gasteiger partial charge in [0.2, 0.25) is 0 Å². The Bertz CT molecular complexity index is 450. The number of hydrogen-bond acceptors (Lipinski definition) is 3. The number of rotatable bonds is 5. The highest BCUT2D eigenvalue weighted by Crippen LogP contribution is 2.26. The van der Waals surface area contributed by atoms with E-state index in [0.717, 1.165) is 13.1 Å². The molecule has 1 unspecified atom stereocenters. The first-order chi connectivity index (χ1) is 11.7. The van der Waals surface area contributed by atoms with E-state index >= 15 is 0 Å². The van der Waals surface area contributed by atoms with Gasteiger partial charge >= 0.3 is 8.56 Å². The topological polar surface area (TPSA) is 21.7 Å². The highest BCUT2D eigenvalue weighted by molar-refractivity contribution is 6.67. The van der Waals surface area contributed by atoms with E-state index in [1.807, 2.05) is 14.2 Å². The van der Waals surface area contributed by atoms with Gasteiger partial charge in [-0.05, 0) is 31.5 Å². The van der Waals surface area contributed by atoms with Crippen molar-refractivity contribution in [3.05, 3.63) is 35.9 Å². The Morgan fingerprint density at radius 1 is 0.917 bits per heavy atom. The molecule has 1 fully saturated rings. The van der Waals surface area contributed by atoms with Crippen LogP contribution in [0.2, 0.25) is 6.55 Å². The maximum absolute atomic E-state index is 5.97. The van der Waals surface area contributed by atoms with Crippen molar-refractivity contribution in [1.29, 1.82) is 0 Å². The lowest BCUT2D eigenvalue weighted by molar-refractivity contribution is 0.147. The van der Waals surface area contributed by atoms with Crippen LogP contribution < -0.4 is 0 Å². The molecular formula is C20H35NO2Si. The Hall–Kier alpha value is -0.683. The summed E-state index contributed by atoms with van der Waals surface area (Å²) in [7, 11) is 1.47. The minimum Gasteiger partial charge on any atom is -0.397 e. The fraction of sp³-hybridized carbons (Fsp3) is 0.700. The minimum absolute atomic E-state index is 0.422. The molecule has 1 aromatic rings. The van der Waals surface area contributed by atoms with Crippen molar-refractivity contribution >= 4 is 8.56 Å². The van der Waals surface area contributed by atoms with Crippen molar-refractivity contribution in [2.75, 3.05) is 20.8 Å². The normalized spacial score (nSPS) is 22.0. The van der Waals surface area contributed by atoms with Gasteiger partial charge in [-0.2, -0.15) is 0 Å². The zero-order valence-corrected chi connectivity index (χ0v) is 16.8. The van der Waals surface area contributed by atoms with E-state index in [4.69, 9.17) is 8.85 Å². The highest BCUT2D eigenvalue weighted by atomic mass is 28.4. The molecule has 0 amide bonds. The SMILES string of the molecule is CO[Si](C)(OC)C1CCCCCCCCCN1Cc1ccccc1. The molecule has 0 spiro atoms. The lowest BCUT2D eigenvalue weighted by Crippen LogP contribution is -2.57. The number of nitrogens with zero attached hydrogens (tertiary/aromatic N) is 1. The van der Waals surface area contributed by atoms with Crippen molar-refractivity contribution in [3.63, 3.8) is 0 Å². The van der Waals surface area contributed by atoms with Gasteiger partial charge in [0.15, 0.2) is 0 Å². The fourth-order valence-electron chi connectivity index (χ4n) is 3.83. The van der Waals surface area contributed by atoms with Crippen LogP contribution in [-0.2, 0) is 15.4 Å². The average Bonchev–Trinajstić information content (AvgIpc) is 2.67. The van der Waals surface area contributed by atoms with Gasteiger partial charge in [-0.1, -0.05) is 68.9 Å². The molecule has 1 aromatic carbocycles. The Balaban J connectivity index is 2.20. The predicted molar refractivity (Wildman–Crippen MR) is 103 cm³/mol. The maximum atomic E-state index is 5.97. The van der Waals surface area contributed by atoms with Gasteiger partial charge in [-0.3, -0.25) is 4.90 Å². The zero-order valence-electron chi connectivity index (χ0n) is 15.8. The summed E-state index contributed by atoms with van der Waals surface area (Å²) in [6.45, 7) is 4.38. The van der Waals surface area contributed by atoms with Crippen LogP contribution in [0.4, 0.5) is 0 Å².